The Morgan fingerprint density at radius 2 is 1.50 bits per heavy atom. The van der Waals surface area contributed by atoms with Gasteiger partial charge in [0.05, 0.1) is 22.7 Å². The van der Waals surface area contributed by atoms with Gasteiger partial charge in [0, 0.05) is 25.0 Å². The van der Waals surface area contributed by atoms with Gasteiger partial charge in [-0.3, -0.25) is 9.78 Å². The minimum absolute atomic E-state index is 0.288. The van der Waals surface area contributed by atoms with Crippen LogP contribution in [0.15, 0.2) is 36.5 Å². The smallest absolute Gasteiger partial charge is 0.300 e. The van der Waals surface area contributed by atoms with Gasteiger partial charge in [0.15, 0.2) is 0 Å². The predicted octanol–water partition coefficient (Wildman–Crippen LogP) is 6.94. The monoisotopic (exact) mass is 475 g/mol. The van der Waals surface area contributed by atoms with E-state index in [1.54, 1.807) is 0 Å². The number of nitrogens with zero attached hydrogens (tertiary/aromatic N) is 1. The second-order valence-corrected chi connectivity index (χ2v) is 7.11. The third-order valence-electron chi connectivity index (χ3n) is 4.70. The Morgan fingerprint density at radius 3 is 2.00 bits per heavy atom. The van der Waals surface area contributed by atoms with Gasteiger partial charge in [0.25, 0.3) is 0 Å². The van der Waals surface area contributed by atoms with Gasteiger partial charge < -0.3 is 0 Å². The van der Waals surface area contributed by atoms with E-state index in [0.717, 1.165) is 12.3 Å². The summed E-state index contributed by atoms with van der Waals surface area (Å²) in [5, 5.41) is 0. The number of rotatable bonds is 6. The zero-order valence-electron chi connectivity index (χ0n) is 16.2. The predicted molar refractivity (Wildman–Crippen MR) is 91.9 cm³/mol. The summed E-state index contributed by atoms with van der Waals surface area (Å²) in [6, 6.07) is 2.79. The van der Waals surface area contributed by atoms with Gasteiger partial charge in [0.1, 0.15) is 11.6 Å². The molecular formula is C20H15F10NO. The molecule has 0 aliphatic heterocycles. The molecule has 0 radical (unpaired) electrons. The topological polar surface area (TPSA) is 30.0 Å². The lowest BCUT2D eigenvalue weighted by Gasteiger charge is -2.22. The Labute approximate surface area is 175 Å². The summed E-state index contributed by atoms with van der Waals surface area (Å²) in [6.07, 6.45) is -15.9. The van der Waals surface area contributed by atoms with Gasteiger partial charge in [-0.2, -0.15) is 39.5 Å². The van der Waals surface area contributed by atoms with Crippen LogP contribution in [0.3, 0.4) is 0 Å². The SMILES string of the molecule is C[C@H](CC(=O)C[C@@H](c1ccc(C(F)(F)F)c(F)c1)c1ncccc1C(F)(F)F)C(F)(F)F. The number of ketones is 1. The zero-order chi connectivity index (χ0) is 24.5. The number of halogens is 10. The van der Waals surface area contributed by atoms with E-state index in [2.05, 4.69) is 4.98 Å². The summed E-state index contributed by atoms with van der Waals surface area (Å²) < 4.78 is 131. The van der Waals surface area contributed by atoms with Crippen LogP contribution in [-0.2, 0) is 17.1 Å². The van der Waals surface area contributed by atoms with Crippen LogP contribution in [0.5, 0.6) is 0 Å². The average Bonchev–Trinajstić information content (AvgIpc) is 2.63. The largest absolute Gasteiger partial charge is 0.419 e. The summed E-state index contributed by atoms with van der Waals surface area (Å²) in [5.41, 5.74) is -4.31. The number of aromatic nitrogens is 1. The molecule has 0 fully saturated rings. The van der Waals surface area contributed by atoms with Crippen molar-refractivity contribution in [2.24, 2.45) is 5.92 Å². The van der Waals surface area contributed by atoms with Gasteiger partial charge in [-0.25, -0.2) is 4.39 Å². The zero-order valence-corrected chi connectivity index (χ0v) is 16.2. The summed E-state index contributed by atoms with van der Waals surface area (Å²) in [7, 11) is 0. The first kappa shape index (κ1) is 25.6. The van der Waals surface area contributed by atoms with E-state index in [1.807, 2.05) is 0 Å². The minimum Gasteiger partial charge on any atom is -0.300 e. The minimum atomic E-state index is -5.09. The molecule has 2 aromatic rings. The molecule has 0 saturated heterocycles. The third-order valence-corrected chi connectivity index (χ3v) is 4.70. The highest BCUT2D eigenvalue weighted by Gasteiger charge is 2.40. The fourth-order valence-electron chi connectivity index (χ4n) is 3.05. The van der Waals surface area contributed by atoms with Crippen molar-refractivity contribution in [3.8, 4) is 0 Å². The first-order valence-corrected chi connectivity index (χ1v) is 8.99. The van der Waals surface area contributed by atoms with E-state index in [-0.39, 0.29) is 6.07 Å². The van der Waals surface area contributed by atoms with Crippen molar-refractivity contribution in [2.75, 3.05) is 0 Å². The van der Waals surface area contributed by atoms with E-state index in [9.17, 15) is 48.7 Å². The number of hydrogen-bond donors (Lipinski definition) is 0. The first-order chi connectivity index (χ1) is 14.5. The highest BCUT2D eigenvalue weighted by molar-refractivity contribution is 5.80. The van der Waals surface area contributed by atoms with Crippen LogP contribution in [0, 0.1) is 11.7 Å². The number of carbonyl (C=O) groups excluding carboxylic acids is 1. The number of Topliss-reactive ketones (excluding diaryl/α,β-unsaturated/α-hetero) is 1. The van der Waals surface area contributed by atoms with Crippen LogP contribution in [0.25, 0.3) is 0 Å². The summed E-state index contributed by atoms with van der Waals surface area (Å²) >= 11 is 0. The van der Waals surface area contributed by atoms with Crippen molar-refractivity contribution in [3.05, 3.63) is 64.7 Å². The van der Waals surface area contributed by atoms with Gasteiger partial charge in [-0.05, 0) is 29.8 Å². The Morgan fingerprint density at radius 1 is 0.906 bits per heavy atom. The number of alkyl halides is 9. The fraction of sp³-hybridized carbons (Fsp3) is 0.400. The standard InChI is InChI=1S/C20H15F10NO/c1-10(18(22,23)24)7-12(32)9-13(17-15(20(28,29)30)3-2-6-31-17)11-4-5-14(16(21)8-11)19(25,26)27/h2-6,8,10,13H,7,9H2,1H3/t10-,13+/m1/s1. The lowest BCUT2D eigenvalue weighted by Crippen LogP contribution is -2.24. The van der Waals surface area contributed by atoms with Crippen molar-refractivity contribution >= 4 is 5.78 Å². The average molecular weight is 475 g/mol. The van der Waals surface area contributed by atoms with Crippen molar-refractivity contribution in [2.45, 2.75) is 44.2 Å². The number of benzene rings is 1. The van der Waals surface area contributed by atoms with Crippen molar-refractivity contribution in [1.82, 2.24) is 4.98 Å². The number of hydrogen-bond acceptors (Lipinski definition) is 2. The molecule has 12 heteroatoms. The molecule has 1 aromatic heterocycles. The van der Waals surface area contributed by atoms with Crippen molar-refractivity contribution in [3.63, 3.8) is 0 Å². The fourth-order valence-corrected chi connectivity index (χ4v) is 3.05. The van der Waals surface area contributed by atoms with E-state index >= 15 is 0 Å². The summed E-state index contributed by atoms with van der Waals surface area (Å²) in [6.45, 7) is 0.701. The molecule has 0 saturated carbocycles. The molecule has 0 spiro atoms. The second-order valence-electron chi connectivity index (χ2n) is 7.11. The molecule has 0 aliphatic carbocycles. The van der Waals surface area contributed by atoms with E-state index < -0.39 is 77.2 Å². The lowest BCUT2D eigenvalue weighted by molar-refractivity contribution is -0.173. The molecule has 176 valence electrons. The van der Waals surface area contributed by atoms with Crippen molar-refractivity contribution < 1.29 is 48.7 Å². The second kappa shape index (κ2) is 9.07. The van der Waals surface area contributed by atoms with E-state index in [1.165, 1.54) is 0 Å². The van der Waals surface area contributed by atoms with Gasteiger partial charge in [-0.1, -0.05) is 13.0 Å². The Balaban J connectivity index is 2.55. The lowest BCUT2D eigenvalue weighted by atomic mass is 9.85. The molecule has 2 rings (SSSR count). The van der Waals surface area contributed by atoms with Crippen LogP contribution in [0.2, 0.25) is 0 Å². The quantitative estimate of drug-likeness (QED) is 0.424. The molecule has 0 aliphatic rings. The molecule has 0 N–H and O–H groups in total. The Bertz CT molecular complexity index is 962. The van der Waals surface area contributed by atoms with Crippen molar-refractivity contribution in [1.29, 1.82) is 0 Å². The van der Waals surface area contributed by atoms with Crippen LogP contribution in [-0.4, -0.2) is 16.9 Å². The van der Waals surface area contributed by atoms with Crippen LogP contribution in [0.4, 0.5) is 43.9 Å². The highest BCUT2D eigenvalue weighted by Crippen LogP contribution is 2.40. The summed E-state index contributed by atoms with van der Waals surface area (Å²) in [4.78, 5) is 15.8. The highest BCUT2D eigenvalue weighted by atomic mass is 19.4. The molecule has 32 heavy (non-hydrogen) atoms. The maximum absolute atomic E-state index is 14.1. The molecule has 2 nitrogen and oxygen atoms in total. The molecule has 1 heterocycles. The van der Waals surface area contributed by atoms with E-state index in [0.29, 0.717) is 25.1 Å². The van der Waals surface area contributed by atoms with Crippen LogP contribution < -0.4 is 0 Å². The normalized spacial score (nSPS) is 14.8. The molecule has 0 unspecified atom stereocenters. The molecular weight excluding hydrogens is 460 g/mol. The first-order valence-electron chi connectivity index (χ1n) is 8.99. The summed E-state index contributed by atoms with van der Waals surface area (Å²) in [5.74, 6) is -6.75. The molecule has 0 bridgehead atoms. The Hall–Kier alpha value is -2.66. The van der Waals surface area contributed by atoms with Crippen LogP contribution in [0.1, 0.15) is 48.1 Å². The van der Waals surface area contributed by atoms with Gasteiger partial charge >= 0.3 is 18.5 Å². The van der Waals surface area contributed by atoms with Crippen LogP contribution >= 0.6 is 0 Å². The van der Waals surface area contributed by atoms with Gasteiger partial charge in [0.2, 0.25) is 0 Å². The maximum atomic E-state index is 14.1. The Kier molecular flexibility index (Phi) is 7.25. The molecule has 1 aromatic carbocycles. The van der Waals surface area contributed by atoms with E-state index in [4.69, 9.17) is 0 Å². The number of pyridine rings is 1. The van der Waals surface area contributed by atoms with Gasteiger partial charge in [-0.15, -0.1) is 0 Å². The maximum Gasteiger partial charge on any atom is 0.419 e. The third kappa shape index (κ3) is 6.19. The molecule has 0 amide bonds. The molecule has 2 atom stereocenters. The number of carbonyl (C=O) groups is 1.